The number of nitrogens with one attached hydrogen (secondary N) is 2. The molecule has 2 aromatic rings. The van der Waals surface area contributed by atoms with E-state index < -0.39 is 0 Å². The Morgan fingerprint density at radius 3 is 2.54 bits per heavy atom. The lowest BCUT2D eigenvalue weighted by Crippen LogP contribution is -2.16. The fourth-order valence-corrected chi connectivity index (χ4v) is 3.05. The highest BCUT2D eigenvalue weighted by molar-refractivity contribution is 5.65. The van der Waals surface area contributed by atoms with Crippen LogP contribution in [0, 0.1) is 6.92 Å². The second kappa shape index (κ2) is 7.51. The van der Waals surface area contributed by atoms with Gasteiger partial charge < -0.3 is 15.4 Å². The van der Waals surface area contributed by atoms with Gasteiger partial charge in [-0.2, -0.15) is 0 Å². The summed E-state index contributed by atoms with van der Waals surface area (Å²) in [4.78, 5) is 9.02. The molecule has 5 nitrogen and oxygen atoms in total. The number of hydrogen-bond acceptors (Lipinski definition) is 5. The van der Waals surface area contributed by atoms with Crippen LogP contribution in [0.2, 0.25) is 0 Å². The predicted molar refractivity (Wildman–Crippen MR) is 98.1 cm³/mol. The molecule has 1 fully saturated rings. The molecule has 1 aromatic heterocycles. The van der Waals surface area contributed by atoms with Gasteiger partial charge >= 0.3 is 0 Å². The van der Waals surface area contributed by atoms with Gasteiger partial charge in [-0.05, 0) is 45.7 Å². The van der Waals surface area contributed by atoms with Crippen LogP contribution in [0.15, 0.2) is 30.3 Å². The molecular weight excluding hydrogens is 300 g/mol. The van der Waals surface area contributed by atoms with Gasteiger partial charge in [-0.15, -0.1) is 0 Å². The molecule has 0 saturated heterocycles. The number of nitrogens with zero attached hydrogens (tertiary/aromatic N) is 2. The maximum absolute atomic E-state index is 5.86. The number of para-hydroxylation sites is 2. The largest absolute Gasteiger partial charge is 0.489 e. The van der Waals surface area contributed by atoms with Crippen molar-refractivity contribution in [2.45, 2.75) is 58.6 Å². The second-order valence-corrected chi connectivity index (χ2v) is 6.60. The molecule has 1 saturated carbocycles. The first-order valence-corrected chi connectivity index (χ1v) is 8.75. The van der Waals surface area contributed by atoms with Gasteiger partial charge in [0, 0.05) is 12.1 Å². The molecule has 0 radical (unpaired) electrons. The average molecular weight is 326 g/mol. The zero-order chi connectivity index (χ0) is 16.9. The van der Waals surface area contributed by atoms with Gasteiger partial charge in [-0.25, -0.2) is 9.97 Å². The van der Waals surface area contributed by atoms with Gasteiger partial charge in [0.05, 0.1) is 11.8 Å². The Kier molecular flexibility index (Phi) is 5.18. The Balaban J connectivity index is 1.78. The summed E-state index contributed by atoms with van der Waals surface area (Å²) in [6.07, 6.45) is 5.16. The summed E-state index contributed by atoms with van der Waals surface area (Å²) in [5, 5.41) is 6.90. The summed E-state index contributed by atoms with van der Waals surface area (Å²) in [5.41, 5.74) is 0.913. The van der Waals surface area contributed by atoms with Crippen LogP contribution in [0.1, 0.15) is 45.4 Å². The van der Waals surface area contributed by atoms with Gasteiger partial charge in [0.1, 0.15) is 23.2 Å². The van der Waals surface area contributed by atoms with E-state index in [1.54, 1.807) is 0 Å². The van der Waals surface area contributed by atoms with Gasteiger partial charge in [0.2, 0.25) is 0 Å². The first-order valence-electron chi connectivity index (χ1n) is 8.75. The van der Waals surface area contributed by atoms with Crippen LogP contribution in [0.5, 0.6) is 5.75 Å². The Bertz CT molecular complexity index is 681. The predicted octanol–water partition coefficient (Wildman–Crippen LogP) is 4.67. The molecule has 2 N–H and O–H groups in total. The van der Waals surface area contributed by atoms with Crippen LogP contribution < -0.4 is 15.4 Å². The smallest absolute Gasteiger partial charge is 0.143 e. The molecule has 0 bridgehead atoms. The van der Waals surface area contributed by atoms with E-state index in [0.29, 0.717) is 6.04 Å². The van der Waals surface area contributed by atoms with Gasteiger partial charge in [0.25, 0.3) is 0 Å². The summed E-state index contributed by atoms with van der Waals surface area (Å²) in [7, 11) is 0. The quantitative estimate of drug-likeness (QED) is 0.808. The summed E-state index contributed by atoms with van der Waals surface area (Å²) in [6.45, 7) is 5.96. The van der Waals surface area contributed by atoms with E-state index in [-0.39, 0.29) is 6.10 Å². The van der Waals surface area contributed by atoms with Gasteiger partial charge in [-0.3, -0.25) is 0 Å². The lowest BCUT2D eigenvalue weighted by molar-refractivity contribution is 0.244. The fourth-order valence-electron chi connectivity index (χ4n) is 3.05. The molecule has 0 unspecified atom stereocenters. The van der Waals surface area contributed by atoms with Crippen molar-refractivity contribution in [1.29, 1.82) is 0 Å². The number of aryl methyl sites for hydroxylation is 1. The highest BCUT2D eigenvalue weighted by Gasteiger charge is 2.16. The SMILES string of the molecule is Cc1nc(Nc2ccccc2OC(C)C)cc(NC2CCCC2)n1. The average Bonchev–Trinajstić information content (AvgIpc) is 3.01. The van der Waals surface area contributed by atoms with E-state index >= 15 is 0 Å². The van der Waals surface area contributed by atoms with E-state index in [1.165, 1.54) is 25.7 Å². The lowest BCUT2D eigenvalue weighted by atomic mass is 10.2. The summed E-state index contributed by atoms with van der Waals surface area (Å²) >= 11 is 0. The molecular formula is C19H26N4O. The molecule has 0 aliphatic heterocycles. The maximum Gasteiger partial charge on any atom is 0.143 e. The van der Waals surface area contributed by atoms with Crippen molar-refractivity contribution in [3.05, 3.63) is 36.2 Å². The molecule has 1 aromatic carbocycles. The van der Waals surface area contributed by atoms with Crippen molar-refractivity contribution in [3.63, 3.8) is 0 Å². The number of anilines is 3. The molecule has 3 rings (SSSR count). The van der Waals surface area contributed by atoms with Crippen molar-refractivity contribution in [2.24, 2.45) is 0 Å². The molecule has 128 valence electrons. The summed E-state index contributed by atoms with van der Waals surface area (Å²) in [5.74, 6) is 3.25. The molecule has 0 spiro atoms. The molecule has 0 atom stereocenters. The zero-order valence-electron chi connectivity index (χ0n) is 14.7. The topological polar surface area (TPSA) is 59.1 Å². The molecule has 5 heteroatoms. The Morgan fingerprint density at radius 2 is 1.79 bits per heavy atom. The summed E-state index contributed by atoms with van der Waals surface area (Å²) < 4.78 is 5.86. The standard InChI is InChI=1S/C19H26N4O/c1-13(2)24-17-11-7-6-10-16(17)23-19-12-18(20-14(3)21-19)22-15-8-4-5-9-15/h6-7,10-13,15H,4-5,8-9H2,1-3H3,(H2,20,21,22,23). The van der Waals surface area contributed by atoms with E-state index in [2.05, 4.69) is 20.6 Å². The van der Waals surface area contributed by atoms with Crippen molar-refractivity contribution < 1.29 is 4.74 Å². The van der Waals surface area contributed by atoms with Crippen LogP contribution >= 0.6 is 0 Å². The molecule has 1 aliphatic carbocycles. The number of hydrogen-bond donors (Lipinski definition) is 2. The van der Waals surface area contributed by atoms with Crippen molar-refractivity contribution >= 4 is 17.3 Å². The number of ether oxygens (including phenoxy) is 1. The molecule has 1 heterocycles. The number of rotatable bonds is 6. The van der Waals surface area contributed by atoms with Crippen molar-refractivity contribution in [1.82, 2.24) is 9.97 Å². The van der Waals surface area contributed by atoms with Gasteiger partial charge in [0.15, 0.2) is 0 Å². The van der Waals surface area contributed by atoms with Gasteiger partial charge in [-0.1, -0.05) is 25.0 Å². The molecule has 0 amide bonds. The third-order valence-corrected chi connectivity index (χ3v) is 4.06. The van der Waals surface area contributed by atoms with Crippen LogP contribution in [0.3, 0.4) is 0 Å². The monoisotopic (exact) mass is 326 g/mol. The minimum absolute atomic E-state index is 0.125. The molecule has 1 aliphatic rings. The van der Waals surface area contributed by atoms with E-state index in [1.807, 2.05) is 51.1 Å². The Morgan fingerprint density at radius 1 is 1.08 bits per heavy atom. The van der Waals surface area contributed by atoms with Crippen molar-refractivity contribution in [3.8, 4) is 5.75 Å². The first-order chi connectivity index (χ1) is 11.6. The zero-order valence-corrected chi connectivity index (χ0v) is 14.7. The van der Waals surface area contributed by atoms with Crippen LogP contribution in [0.25, 0.3) is 0 Å². The normalized spacial score (nSPS) is 14.8. The minimum atomic E-state index is 0.125. The second-order valence-electron chi connectivity index (χ2n) is 6.60. The summed E-state index contributed by atoms with van der Waals surface area (Å²) in [6, 6.07) is 10.4. The lowest BCUT2D eigenvalue weighted by Gasteiger charge is -2.17. The highest BCUT2D eigenvalue weighted by atomic mass is 16.5. The van der Waals surface area contributed by atoms with E-state index in [9.17, 15) is 0 Å². The van der Waals surface area contributed by atoms with E-state index in [4.69, 9.17) is 4.74 Å². The van der Waals surface area contributed by atoms with E-state index in [0.717, 1.165) is 28.9 Å². The highest BCUT2D eigenvalue weighted by Crippen LogP contribution is 2.29. The first kappa shape index (κ1) is 16.6. The maximum atomic E-state index is 5.86. The minimum Gasteiger partial charge on any atom is -0.489 e. The van der Waals surface area contributed by atoms with Crippen molar-refractivity contribution in [2.75, 3.05) is 10.6 Å². The molecule has 24 heavy (non-hydrogen) atoms. The fraction of sp³-hybridized carbons (Fsp3) is 0.474. The third-order valence-electron chi connectivity index (χ3n) is 4.06. The van der Waals surface area contributed by atoms with Crippen LogP contribution in [0.4, 0.5) is 17.3 Å². The van der Waals surface area contributed by atoms with Crippen LogP contribution in [-0.2, 0) is 0 Å². The van der Waals surface area contributed by atoms with Crippen LogP contribution in [-0.4, -0.2) is 22.1 Å². The Labute approximate surface area is 143 Å². The number of benzene rings is 1. The number of aromatic nitrogens is 2. The third kappa shape index (κ3) is 4.37. The Hall–Kier alpha value is -2.30.